The molecule has 0 radical (unpaired) electrons. The van der Waals surface area contributed by atoms with Crippen LogP contribution in [0, 0.1) is 6.92 Å². The third kappa shape index (κ3) is 2.70. The maximum absolute atomic E-state index is 11.5. The fraction of sp³-hybridized carbons (Fsp3) is 0.214. The van der Waals surface area contributed by atoms with E-state index in [0.29, 0.717) is 18.6 Å². The average Bonchev–Trinajstić information content (AvgIpc) is 2.41. The molecule has 0 aliphatic carbocycles. The molecular formula is C14H14N2O3. The van der Waals surface area contributed by atoms with Gasteiger partial charge in [-0.1, -0.05) is 0 Å². The summed E-state index contributed by atoms with van der Waals surface area (Å²) in [5.41, 5.74) is 0.970. The van der Waals surface area contributed by atoms with Gasteiger partial charge in [0, 0.05) is 11.8 Å². The summed E-state index contributed by atoms with van der Waals surface area (Å²) in [6.45, 7) is 4.28. The van der Waals surface area contributed by atoms with Crippen molar-refractivity contribution in [2.45, 2.75) is 13.8 Å². The standard InChI is InChI=1S/C14H14N2O3/c1-3-19-12-6-4-11(5-7-12)16-10(2)8-14(18)13(9-17)15-16/h4-9H,3H2,1-2H3. The number of benzene rings is 1. The van der Waals surface area contributed by atoms with Crippen molar-refractivity contribution < 1.29 is 9.53 Å². The summed E-state index contributed by atoms with van der Waals surface area (Å²) in [5.74, 6) is 0.764. The highest BCUT2D eigenvalue weighted by Gasteiger charge is 2.06. The van der Waals surface area contributed by atoms with Gasteiger partial charge in [0.15, 0.2) is 12.0 Å². The Kier molecular flexibility index (Phi) is 3.75. The van der Waals surface area contributed by atoms with E-state index in [2.05, 4.69) is 5.10 Å². The lowest BCUT2D eigenvalue weighted by molar-refractivity contribution is 0.111. The highest BCUT2D eigenvalue weighted by Crippen LogP contribution is 2.15. The number of carbonyl (C=O) groups excluding carboxylic acids is 1. The summed E-state index contributed by atoms with van der Waals surface area (Å²) < 4.78 is 6.91. The van der Waals surface area contributed by atoms with Gasteiger partial charge in [0.05, 0.1) is 12.3 Å². The minimum absolute atomic E-state index is 0.0977. The molecule has 0 saturated heterocycles. The van der Waals surface area contributed by atoms with Gasteiger partial charge in [-0.15, -0.1) is 0 Å². The Bertz CT molecular complexity index is 645. The van der Waals surface area contributed by atoms with Crippen LogP contribution < -0.4 is 10.2 Å². The first kappa shape index (κ1) is 13.0. The average molecular weight is 258 g/mol. The molecule has 0 aliphatic rings. The highest BCUT2D eigenvalue weighted by atomic mass is 16.5. The number of ether oxygens (including phenoxy) is 1. The van der Waals surface area contributed by atoms with E-state index in [4.69, 9.17) is 4.74 Å². The lowest BCUT2D eigenvalue weighted by atomic mass is 10.2. The van der Waals surface area contributed by atoms with E-state index in [0.717, 1.165) is 11.4 Å². The Hall–Kier alpha value is -2.43. The topological polar surface area (TPSA) is 61.2 Å². The molecule has 0 spiro atoms. The van der Waals surface area contributed by atoms with Gasteiger partial charge in [-0.25, -0.2) is 4.68 Å². The van der Waals surface area contributed by atoms with Gasteiger partial charge in [0.25, 0.3) is 0 Å². The van der Waals surface area contributed by atoms with E-state index in [1.54, 1.807) is 11.6 Å². The molecule has 2 rings (SSSR count). The summed E-state index contributed by atoms with van der Waals surface area (Å²) in [6, 6.07) is 8.68. The quantitative estimate of drug-likeness (QED) is 0.784. The largest absolute Gasteiger partial charge is 0.494 e. The number of nitrogens with zero attached hydrogens (tertiary/aromatic N) is 2. The van der Waals surface area contributed by atoms with E-state index < -0.39 is 0 Å². The third-order valence-electron chi connectivity index (χ3n) is 2.64. The van der Waals surface area contributed by atoms with Crippen LogP contribution in [0.15, 0.2) is 35.1 Å². The third-order valence-corrected chi connectivity index (χ3v) is 2.64. The Morgan fingerprint density at radius 2 is 2.00 bits per heavy atom. The van der Waals surface area contributed by atoms with Crippen LogP contribution in [0.5, 0.6) is 5.75 Å². The molecule has 0 saturated carbocycles. The fourth-order valence-electron chi connectivity index (χ4n) is 1.75. The summed E-state index contributed by atoms with van der Waals surface area (Å²) >= 11 is 0. The second kappa shape index (κ2) is 5.48. The van der Waals surface area contributed by atoms with Crippen molar-refractivity contribution in [3.05, 3.63) is 51.9 Å². The number of aryl methyl sites for hydroxylation is 1. The number of aldehydes is 1. The predicted octanol–water partition coefficient (Wildman–Crippen LogP) is 1.75. The summed E-state index contributed by atoms with van der Waals surface area (Å²) in [6.07, 6.45) is 0.465. The molecule has 1 heterocycles. The Morgan fingerprint density at radius 3 is 2.58 bits per heavy atom. The number of rotatable bonds is 4. The molecule has 1 aromatic carbocycles. The minimum atomic E-state index is -0.366. The first-order chi connectivity index (χ1) is 9.15. The summed E-state index contributed by atoms with van der Waals surface area (Å²) in [7, 11) is 0. The van der Waals surface area contributed by atoms with E-state index in [1.807, 2.05) is 31.2 Å². The van der Waals surface area contributed by atoms with Gasteiger partial charge in [-0.3, -0.25) is 9.59 Å². The first-order valence-electron chi connectivity index (χ1n) is 5.95. The Labute approximate surface area is 110 Å². The normalized spacial score (nSPS) is 10.2. The van der Waals surface area contributed by atoms with Crippen molar-refractivity contribution >= 4 is 6.29 Å². The second-order valence-corrected chi connectivity index (χ2v) is 3.99. The zero-order valence-electron chi connectivity index (χ0n) is 10.8. The van der Waals surface area contributed by atoms with Gasteiger partial charge >= 0.3 is 0 Å². The van der Waals surface area contributed by atoms with Crippen molar-refractivity contribution in [1.29, 1.82) is 0 Å². The molecule has 98 valence electrons. The molecule has 0 amide bonds. The molecule has 5 heteroatoms. The molecule has 0 unspecified atom stereocenters. The van der Waals surface area contributed by atoms with Crippen LogP contribution in [0.4, 0.5) is 0 Å². The van der Waals surface area contributed by atoms with E-state index in [-0.39, 0.29) is 11.1 Å². The van der Waals surface area contributed by atoms with Crippen molar-refractivity contribution in [2.24, 2.45) is 0 Å². The van der Waals surface area contributed by atoms with Crippen LogP contribution in [-0.2, 0) is 0 Å². The van der Waals surface area contributed by atoms with E-state index >= 15 is 0 Å². The molecule has 1 aromatic heterocycles. The fourth-order valence-corrected chi connectivity index (χ4v) is 1.75. The molecular weight excluding hydrogens is 244 g/mol. The molecule has 0 fully saturated rings. The SMILES string of the molecule is CCOc1ccc(-n2nc(C=O)c(=O)cc2C)cc1. The lowest BCUT2D eigenvalue weighted by Gasteiger charge is -2.10. The molecule has 0 N–H and O–H groups in total. The van der Waals surface area contributed by atoms with Gasteiger partial charge in [0.1, 0.15) is 5.75 Å². The van der Waals surface area contributed by atoms with Crippen LogP contribution in [0.25, 0.3) is 5.69 Å². The molecule has 0 aliphatic heterocycles. The van der Waals surface area contributed by atoms with Gasteiger partial charge in [-0.2, -0.15) is 5.10 Å². The minimum Gasteiger partial charge on any atom is -0.494 e. The number of hydrogen-bond acceptors (Lipinski definition) is 4. The lowest BCUT2D eigenvalue weighted by Crippen LogP contribution is -2.18. The molecule has 19 heavy (non-hydrogen) atoms. The summed E-state index contributed by atoms with van der Waals surface area (Å²) in [4.78, 5) is 22.2. The maximum Gasteiger partial charge on any atom is 0.211 e. The number of hydrogen-bond donors (Lipinski definition) is 0. The van der Waals surface area contributed by atoms with Crippen LogP contribution in [0.2, 0.25) is 0 Å². The Morgan fingerprint density at radius 1 is 1.32 bits per heavy atom. The molecule has 0 atom stereocenters. The van der Waals surface area contributed by atoms with Crippen molar-refractivity contribution in [3.63, 3.8) is 0 Å². The number of aromatic nitrogens is 2. The monoisotopic (exact) mass is 258 g/mol. The van der Waals surface area contributed by atoms with Crippen molar-refractivity contribution in [2.75, 3.05) is 6.61 Å². The van der Waals surface area contributed by atoms with Crippen LogP contribution in [0.1, 0.15) is 23.1 Å². The Balaban J connectivity index is 2.46. The van der Waals surface area contributed by atoms with Gasteiger partial charge < -0.3 is 4.74 Å². The zero-order valence-corrected chi connectivity index (χ0v) is 10.8. The van der Waals surface area contributed by atoms with Crippen LogP contribution >= 0.6 is 0 Å². The van der Waals surface area contributed by atoms with Gasteiger partial charge in [0.2, 0.25) is 5.43 Å². The highest BCUT2D eigenvalue weighted by molar-refractivity contribution is 5.71. The summed E-state index contributed by atoms with van der Waals surface area (Å²) in [5, 5.41) is 4.03. The molecule has 2 aromatic rings. The van der Waals surface area contributed by atoms with Gasteiger partial charge in [-0.05, 0) is 38.1 Å². The first-order valence-corrected chi connectivity index (χ1v) is 5.95. The van der Waals surface area contributed by atoms with E-state index in [1.165, 1.54) is 6.07 Å². The van der Waals surface area contributed by atoms with Crippen molar-refractivity contribution in [3.8, 4) is 11.4 Å². The second-order valence-electron chi connectivity index (χ2n) is 3.99. The smallest absolute Gasteiger partial charge is 0.211 e. The van der Waals surface area contributed by atoms with E-state index in [9.17, 15) is 9.59 Å². The zero-order chi connectivity index (χ0) is 13.8. The molecule has 0 bridgehead atoms. The van der Waals surface area contributed by atoms with Crippen LogP contribution in [-0.4, -0.2) is 22.7 Å². The number of carbonyl (C=O) groups is 1. The predicted molar refractivity (Wildman–Crippen MR) is 71.1 cm³/mol. The molecule has 5 nitrogen and oxygen atoms in total. The van der Waals surface area contributed by atoms with Crippen molar-refractivity contribution in [1.82, 2.24) is 9.78 Å². The van der Waals surface area contributed by atoms with Crippen LogP contribution in [0.3, 0.4) is 0 Å². The maximum atomic E-state index is 11.5.